The Morgan fingerprint density at radius 2 is 1.66 bits per heavy atom. The van der Waals surface area contributed by atoms with Gasteiger partial charge in [-0.25, -0.2) is 13.2 Å². The number of carbonyl (C=O) groups is 4. The average molecular weight is 795 g/mol. The molecular weight excluding hydrogens is 737 g/mol. The van der Waals surface area contributed by atoms with Crippen molar-refractivity contribution in [3.8, 4) is 5.75 Å². The van der Waals surface area contributed by atoms with Gasteiger partial charge in [0.2, 0.25) is 21.8 Å². The summed E-state index contributed by atoms with van der Waals surface area (Å²) in [5.74, 6) is -1.16. The van der Waals surface area contributed by atoms with Crippen molar-refractivity contribution in [3.63, 3.8) is 0 Å². The van der Waals surface area contributed by atoms with Gasteiger partial charge in [-0.3, -0.25) is 19.1 Å². The van der Waals surface area contributed by atoms with Crippen LogP contribution in [0.2, 0.25) is 0 Å². The van der Waals surface area contributed by atoms with Crippen molar-refractivity contribution in [1.29, 1.82) is 0 Å². The summed E-state index contributed by atoms with van der Waals surface area (Å²) in [6.45, 7) is 4.51. The Balaban J connectivity index is 1.29. The van der Waals surface area contributed by atoms with Crippen LogP contribution in [0.3, 0.4) is 0 Å². The zero-order valence-electron chi connectivity index (χ0n) is 33.2. The number of nitrogens with one attached hydrogen (secondary N) is 3. The molecule has 0 radical (unpaired) electrons. The summed E-state index contributed by atoms with van der Waals surface area (Å²) in [5.41, 5.74) is -0.794. The lowest BCUT2D eigenvalue weighted by Gasteiger charge is -2.31. The second-order valence-electron chi connectivity index (χ2n) is 17.6. The molecule has 5 atom stereocenters. The average Bonchev–Trinajstić information content (AvgIpc) is 4.09. The maximum absolute atomic E-state index is 14.8. The van der Waals surface area contributed by atoms with E-state index in [0.29, 0.717) is 44.9 Å². The van der Waals surface area contributed by atoms with E-state index in [0.717, 1.165) is 72.6 Å². The van der Waals surface area contributed by atoms with E-state index < -0.39 is 62.3 Å². The molecule has 0 unspecified atom stereocenters. The van der Waals surface area contributed by atoms with E-state index in [4.69, 9.17) is 14.2 Å². The number of alkyl carbamates (subject to hydrolysis) is 1. The summed E-state index contributed by atoms with van der Waals surface area (Å²) >= 11 is 0. The number of benzene rings is 2. The topological polar surface area (TPSA) is 169 Å². The number of hydrogen-bond donors (Lipinski definition) is 3. The molecule has 2 saturated carbocycles. The zero-order valence-corrected chi connectivity index (χ0v) is 34.1. The van der Waals surface area contributed by atoms with Gasteiger partial charge in [-0.2, -0.15) is 0 Å². The zero-order chi connectivity index (χ0) is 39.9. The minimum atomic E-state index is -3.87. The van der Waals surface area contributed by atoms with E-state index >= 15 is 0 Å². The quantitative estimate of drug-likeness (QED) is 0.361. The standard InChI is InChI=1S/C42H58N4O9S/c1-40(2)18-10-11-28-21-29-22-30(15-14-27(29)23-35(28)53-3)41(54-4)25-34-36(47)44-42(38(49)45-56(51,52)32-16-17-32)24-31(42)12-8-6-5-7-9-13-33(37(48)46(34)26-41)43-39(50)55-20-19-40/h14-15,21-23,31-34H,5-13,16-20,24-26H2,1-4H3,(H,43,50)(H,44,47)(H,45,49)/t31-,33+,34+,41+,42-/m1/s1. The molecule has 3 heterocycles. The highest BCUT2D eigenvalue weighted by Gasteiger charge is 2.63. The summed E-state index contributed by atoms with van der Waals surface area (Å²) in [5, 5.41) is 7.19. The van der Waals surface area contributed by atoms with Gasteiger partial charge in [0.15, 0.2) is 0 Å². The first kappa shape index (κ1) is 40.3. The maximum atomic E-state index is 14.8. The molecule has 3 aliphatic heterocycles. The van der Waals surface area contributed by atoms with E-state index in [1.165, 1.54) is 4.90 Å². The van der Waals surface area contributed by atoms with E-state index in [9.17, 15) is 27.6 Å². The lowest BCUT2D eigenvalue weighted by molar-refractivity contribution is -0.141. The van der Waals surface area contributed by atoms with Crippen LogP contribution in [0.15, 0.2) is 30.3 Å². The van der Waals surface area contributed by atoms with Crippen molar-refractivity contribution in [2.24, 2.45) is 11.3 Å². The fourth-order valence-electron chi connectivity index (χ4n) is 9.17. The highest BCUT2D eigenvalue weighted by molar-refractivity contribution is 7.91. The second kappa shape index (κ2) is 15.8. The van der Waals surface area contributed by atoms with E-state index in [1.807, 2.05) is 18.2 Å². The smallest absolute Gasteiger partial charge is 0.407 e. The van der Waals surface area contributed by atoms with Crippen LogP contribution in [0.4, 0.5) is 4.79 Å². The third-order valence-electron chi connectivity index (χ3n) is 13.1. The lowest BCUT2D eigenvalue weighted by atomic mass is 9.83. The van der Waals surface area contributed by atoms with Gasteiger partial charge in [0.25, 0.3) is 5.91 Å². The summed E-state index contributed by atoms with van der Waals surface area (Å²) < 4.78 is 46.0. The fourth-order valence-corrected chi connectivity index (χ4v) is 10.5. The number of rotatable bonds is 5. The fraction of sp³-hybridized carbons (Fsp3) is 0.667. The Morgan fingerprint density at radius 3 is 2.39 bits per heavy atom. The van der Waals surface area contributed by atoms with Crippen molar-refractivity contribution in [2.45, 2.75) is 139 Å². The second-order valence-corrected chi connectivity index (χ2v) is 19.6. The first-order valence-corrected chi connectivity index (χ1v) is 22.0. The largest absolute Gasteiger partial charge is 0.496 e. The number of methoxy groups -OCH3 is 2. The van der Waals surface area contributed by atoms with Crippen LogP contribution < -0.4 is 20.1 Å². The molecule has 306 valence electrons. The number of nitrogens with zero attached hydrogens (tertiary/aromatic N) is 1. The highest BCUT2D eigenvalue weighted by atomic mass is 32.2. The Bertz CT molecular complexity index is 1970. The molecule has 5 aliphatic rings. The highest BCUT2D eigenvalue weighted by Crippen LogP contribution is 2.49. The van der Waals surface area contributed by atoms with Gasteiger partial charge in [-0.15, -0.1) is 0 Å². The molecule has 3 N–H and O–H groups in total. The number of fused-ring (bicyclic) bond motifs is 6. The molecule has 0 aromatic heterocycles. The molecule has 7 rings (SSSR count). The van der Waals surface area contributed by atoms with Crippen molar-refractivity contribution in [3.05, 3.63) is 41.5 Å². The third-order valence-corrected chi connectivity index (χ3v) is 14.9. The number of amides is 4. The molecule has 2 aliphatic carbocycles. The van der Waals surface area contributed by atoms with Gasteiger partial charge >= 0.3 is 6.09 Å². The van der Waals surface area contributed by atoms with Crippen molar-refractivity contribution in [2.75, 3.05) is 27.4 Å². The van der Waals surface area contributed by atoms with Gasteiger partial charge in [0, 0.05) is 13.5 Å². The monoisotopic (exact) mass is 794 g/mol. The first-order valence-electron chi connectivity index (χ1n) is 20.5. The SMILES string of the molecule is COc1cc2ccc3cc2cc1CCCC(C)(C)CCOC(=O)N[C@H]1CCCCCCC[C@@H]2C[C@@]2(C(=O)NS(=O)(=O)C2CC2)NC(=O)[C@@H]2C[C@]3(OC)CN2C1=O. The maximum Gasteiger partial charge on any atom is 0.407 e. The van der Waals surface area contributed by atoms with Crippen LogP contribution in [-0.4, -0.2) is 87.4 Å². The Morgan fingerprint density at radius 1 is 0.911 bits per heavy atom. The number of cyclic esters (lactones) is 1. The molecule has 6 bridgehead atoms. The normalized spacial score (nSPS) is 30.5. The Kier molecular flexibility index (Phi) is 11.4. The summed E-state index contributed by atoms with van der Waals surface area (Å²) in [4.78, 5) is 58.2. The molecule has 13 nitrogen and oxygen atoms in total. The van der Waals surface area contributed by atoms with E-state index in [2.05, 4.69) is 41.3 Å². The number of hydrogen-bond acceptors (Lipinski definition) is 9. The van der Waals surface area contributed by atoms with Crippen LogP contribution in [0, 0.1) is 11.3 Å². The van der Waals surface area contributed by atoms with Gasteiger partial charge in [0.1, 0.15) is 29.0 Å². The predicted molar refractivity (Wildman–Crippen MR) is 210 cm³/mol. The summed E-state index contributed by atoms with van der Waals surface area (Å²) in [6, 6.07) is 8.12. The number of aryl methyl sites for hydroxylation is 1. The van der Waals surface area contributed by atoms with E-state index in [1.54, 1.807) is 14.2 Å². The summed E-state index contributed by atoms with van der Waals surface area (Å²) in [7, 11) is -0.630. The first-order chi connectivity index (χ1) is 26.7. The molecule has 14 heteroatoms. The minimum absolute atomic E-state index is 0.00897. The van der Waals surface area contributed by atoms with Gasteiger partial charge in [-0.05, 0) is 109 Å². The molecule has 2 aromatic carbocycles. The van der Waals surface area contributed by atoms with Crippen molar-refractivity contribution in [1.82, 2.24) is 20.3 Å². The molecule has 0 spiro atoms. The Labute approximate surface area is 330 Å². The van der Waals surface area contributed by atoms with Gasteiger partial charge in [-0.1, -0.05) is 58.1 Å². The van der Waals surface area contributed by atoms with Crippen LogP contribution in [0.5, 0.6) is 5.75 Å². The van der Waals surface area contributed by atoms with E-state index in [-0.39, 0.29) is 30.9 Å². The molecular formula is C42H58N4O9S. The number of ether oxygens (including phenoxy) is 3. The van der Waals surface area contributed by atoms with Crippen LogP contribution >= 0.6 is 0 Å². The van der Waals surface area contributed by atoms with Gasteiger partial charge in [0.05, 0.1) is 25.5 Å². The molecule has 56 heavy (non-hydrogen) atoms. The van der Waals surface area contributed by atoms with Gasteiger partial charge < -0.3 is 29.7 Å². The van der Waals surface area contributed by atoms with Crippen LogP contribution in [0.25, 0.3) is 10.8 Å². The Hall–Kier alpha value is -3.91. The number of carbonyl (C=O) groups excluding carboxylic acids is 4. The van der Waals surface area contributed by atoms with Crippen molar-refractivity contribution >= 4 is 44.6 Å². The molecule has 2 aromatic rings. The van der Waals surface area contributed by atoms with Crippen molar-refractivity contribution < 1.29 is 41.8 Å². The lowest BCUT2D eigenvalue weighted by Crippen LogP contribution is -2.58. The van der Waals surface area contributed by atoms with Crippen LogP contribution in [-0.2, 0) is 45.9 Å². The minimum Gasteiger partial charge on any atom is -0.496 e. The predicted octanol–water partition coefficient (Wildman–Crippen LogP) is 5.37. The van der Waals surface area contributed by atoms with Crippen LogP contribution in [0.1, 0.15) is 115 Å². The molecule has 2 saturated heterocycles. The molecule has 4 amide bonds. The molecule has 4 fully saturated rings. The third kappa shape index (κ3) is 8.37. The number of sulfonamides is 1. The summed E-state index contributed by atoms with van der Waals surface area (Å²) in [6.07, 6.45) is 9.03.